The van der Waals surface area contributed by atoms with Gasteiger partial charge in [-0.2, -0.15) is 9.78 Å². The molecule has 1 amide bonds. The van der Waals surface area contributed by atoms with Gasteiger partial charge in [0.25, 0.3) is 0 Å². The van der Waals surface area contributed by atoms with Gasteiger partial charge in [-0.25, -0.2) is 9.59 Å². The van der Waals surface area contributed by atoms with E-state index in [0.717, 1.165) is 4.68 Å². The molecule has 0 radical (unpaired) electrons. The molecule has 1 aromatic heterocycles. The third-order valence-electron chi connectivity index (χ3n) is 2.82. The van der Waals surface area contributed by atoms with Gasteiger partial charge in [0.1, 0.15) is 15.8 Å². The highest BCUT2D eigenvalue weighted by molar-refractivity contribution is 9.10. The number of hydrogen-bond acceptors (Lipinski definition) is 5. The fraction of sp³-hybridized carbons (Fsp3) is 0.471. The average molecular weight is 412 g/mol. The quantitative estimate of drug-likeness (QED) is 0.718. The van der Waals surface area contributed by atoms with Gasteiger partial charge in [-0.1, -0.05) is 0 Å². The van der Waals surface area contributed by atoms with Crippen LogP contribution in [0.2, 0.25) is 0 Å². The van der Waals surface area contributed by atoms with Crippen LogP contribution < -0.4 is 5.32 Å². The van der Waals surface area contributed by atoms with E-state index in [1.165, 1.54) is 0 Å². The van der Waals surface area contributed by atoms with Crippen molar-refractivity contribution < 1.29 is 19.1 Å². The number of nitrogens with one attached hydrogen (secondary N) is 1. The van der Waals surface area contributed by atoms with Gasteiger partial charge in [-0.15, -0.1) is 0 Å². The van der Waals surface area contributed by atoms with Crippen molar-refractivity contribution in [1.29, 1.82) is 0 Å². The van der Waals surface area contributed by atoms with E-state index in [1.54, 1.807) is 59.7 Å². The molecule has 0 spiro atoms. The first kappa shape index (κ1) is 19.2. The summed E-state index contributed by atoms with van der Waals surface area (Å²) in [4.78, 5) is 24.1. The summed E-state index contributed by atoms with van der Waals surface area (Å²) in [6.45, 7) is 10.7. The van der Waals surface area contributed by atoms with Crippen molar-refractivity contribution in [2.24, 2.45) is 0 Å². The largest absolute Gasteiger partial charge is 0.444 e. The first-order valence-corrected chi connectivity index (χ1v) is 8.57. The standard InChI is InChI=1S/C17H22BrN3O4/c1-16(2,3)24-14(22)19-10-7-8-12-11(9-10)13(18)21(20-12)15(23)25-17(4,5)6/h7-9H,1-6H3,(H,19,22). The molecule has 0 saturated carbocycles. The number of carbonyl (C=O) groups excluding carboxylic acids is 2. The molecule has 0 aliphatic heterocycles. The number of rotatable bonds is 1. The summed E-state index contributed by atoms with van der Waals surface area (Å²) in [5.74, 6) is 0. The van der Waals surface area contributed by atoms with E-state index < -0.39 is 23.4 Å². The van der Waals surface area contributed by atoms with Gasteiger partial charge in [0, 0.05) is 11.1 Å². The van der Waals surface area contributed by atoms with Gasteiger partial charge < -0.3 is 9.47 Å². The zero-order valence-corrected chi connectivity index (χ0v) is 16.7. The Morgan fingerprint density at radius 3 is 2.24 bits per heavy atom. The molecule has 0 unspecified atom stereocenters. The highest BCUT2D eigenvalue weighted by Gasteiger charge is 2.22. The van der Waals surface area contributed by atoms with Gasteiger partial charge >= 0.3 is 12.2 Å². The summed E-state index contributed by atoms with van der Waals surface area (Å²) in [7, 11) is 0. The molecule has 0 aliphatic rings. The maximum absolute atomic E-state index is 12.2. The molecule has 136 valence electrons. The Bertz CT molecular complexity index is 816. The van der Waals surface area contributed by atoms with Crippen molar-refractivity contribution in [1.82, 2.24) is 9.78 Å². The van der Waals surface area contributed by atoms with Crippen LogP contribution >= 0.6 is 15.9 Å². The molecular weight excluding hydrogens is 390 g/mol. The summed E-state index contributed by atoms with van der Waals surface area (Å²) in [6, 6.07) is 5.09. The van der Waals surface area contributed by atoms with Crippen molar-refractivity contribution >= 4 is 44.7 Å². The zero-order valence-electron chi connectivity index (χ0n) is 15.1. The number of anilines is 1. The van der Waals surface area contributed by atoms with Crippen LogP contribution in [-0.2, 0) is 9.47 Å². The number of nitrogens with zero attached hydrogens (tertiary/aromatic N) is 2. The topological polar surface area (TPSA) is 82.5 Å². The van der Waals surface area contributed by atoms with Crippen LogP contribution in [0.1, 0.15) is 41.5 Å². The number of carbonyl (C=O) groups is 2. The fourth-order valence-electron chi connectivity index (χ4n) is 1.98. The zero-order chi connectivity index (χ0) is 19.0. The first-order valence-electron chi connectivity index (χ1n) is 7.77. The highest BCUT2D eigenvalue weighted by Crippen LogP contribution is 2.27. The van der Waals surface area contributed by atoms with Crippen LogP contribution in [0.3, 0.4) is 0 Å². The van der Waals surface area contributed by atoms with Crippen LogP contribution in [0.25, 0.3) is 10.9 Å². The number of fused-ring (bicyclic) bond motifs is 1. The number of ether oxygens (including phenoxy) is 2. The minimum absolute atomic E-state index is 0.449. The summed E-state index contributed by atoms with van der Waals surface area (Å²) in [6.07, 6.45) is -1.14. The van der Waals surface area contributed by atoms with Gasteiger partial charge in [-0.3, -0.25) is 5.32 Å². The molecule has 1 aromatic carbocycles. The van der Waals surface area contributed by atoms with Crippen LogP contribution in [0.15, 0.2) is 22.8 Å². The molecule has 8 heteroatoms. The molecule has 1 N–H and O–H groups in total. The van der Waals surface area contributed by atoms with E-state index in [2.05, 4.69) is 26.3 Å². The van der Waals surface area contributed by atoms with Gasteiger partial charge in [-0.05, 0) is 75.7 Å². The van der Waals surface area contributed by atoms with Crippen LogP contribution in [0, 0.1) is 0 Å². The van der Waals surface area contributed by atoms with Crippen molar-refractivity contribution in [2.75, 3.05) is 5.32 Å². The minimum atomic E-state index is -0.627. The van der Waals surface area contributed by atoms with Crippen molar-refractivity contribution in [3.63, 3.8) is 0 Å². The number of benzene rings is 1. The second-order valence-electron chi connectivity index (χ2n) is 7.54. The Morgan fingerprint density at radius 1 is 1.08 bits per heavy atom. The molecule has 0 fully saturated rings. The van der Waals surface area contributed by atoms with Gasteiger partial charge in [0.05, 0.1) is 5.52 Å². The van der Waals surface area contributed by atoms with Crippen LogP contribution in [0.5, 0.6) is 0 Å². The van der Waals surface area contributed by atoms with E-state index in [0.29, 0.717) is 21.2 Å². The number of amides is 1. The normalized spacial score (nSPS) is 12.1. The predicted octanol–water partition coefficient (Wildman–Crippen LogP) is 4.93. The van der Waals surface area contributed by atoms with Crippen molar-refractivity contribution in [2.45, 2.75) is 52.7 Å². The molecule has 2 rings (SSSR count). The number of halogens is 1. The minimum Gasteiger partial charge on any atom is -0.444 e. The molecule has 7 nitrogen and oxygen atoms in total. The monoisotopic (exact) mass is 411 g/mol. The van der Waals surface area contributed by atoms with Crippen molar-refractivity contribution in [3.05, 3.63) is 22.8 Å². The number of aromatic nitrogens is 2. The lowest BCUT2D eigenvalue weighted by Gasteiger charge is -2.19. The van der Waals surface area contributed by atoms with Gasteiger partial charge in [0.15, 0.2) is 0 Å². The molecule has 2 aromatic rings. The Kier molecular flexibility index (Phi) is 5.13. The molecule has 0 saturated heterocycles. The smallest absolute Gasteiger partial charge is 0.436 e. The first-order chi connectivity index (χ1) is 11.4. The summed E-state index contributed by atoms with van der Waals surface area (Å²) in [5.41, 5.74) is -0.0901. The lowest BCUT2D eigenvalue weighted by Crippen LogP contribution is -2.27. The Balaban J connectivity index is 2.27. The summed E-state index contributed by atoms with van der Waals surface area (Å²) >= 11 is 3.36. The Morgan fingerprint density at radius 2 is 1.68 bits per heavy atom. The lowest BCUT2D eigenvalue weighted by molar-refractivity contribution is 0.0510. The molecule has 25 heavy (non-hydrogen) atoms. The van der Waals surface area contributed by atoms with E-state index in [9.17, 15) is 9.59 Å². The fourth-order valence-corrected chi connectivity index (χ4v) is 2.52. The third kappa shape index (κ3) is 5.19. The summed E-state index contributed by atoms with van der Waals surface area (Å²) in [5, 5.41) is 7.55. The summed E-state index contributed by atoms with van der Waals surface area (Å²) < 4.78 is 12.1. The molecule has 0 atom stereocenters. The second kappa shape index (κ2) is 6.67. The molecule has 0 bridgehead atoms. The Labute approximate surface area is 154 Å². The van der Waals surface area contributed by atoms with Crippen LogP contribution in [-0.4, -0.2) is 33.2 Å². The van der Waals surface area contributed by atoms with E-state index in [4.69, 9.17) is 9.47 Å². The number of hydrogen-bond donors (Lipinski definition) is 1. The molecular formula is C17H22BrN3O4. The predicted molar refractivity (Wildman–Crippen MR) is 98.9 cm³/mol. The van der Waals surface area contributed by atoms with Crippen molar-refractivity contribution in [3.8, 4) is 0 Å². The van der Waals surface area contributed by atoms with Crippen LogP contribution in [0.4, 0.5) is 15.3 Å². The Hall–Kier alpha value is -2.09. The van der Waals surface area contributed by atoms with E-state index in [1.807, 2.05) is 0 Å². The van der Waals surface area contributed by atoms with E-state index >= 15 is 0 Å². The lowest BCUT2D eigenvalue weighted by atomic mass is 10.2. The molecule has 1 heterocycles. The second-order valence-corrected chi connectivity index (χ2v) is 8.29. The highest BCUT2D eigenvalue weighted by atomic mass is 79.9. The van der Waals surface area contributed by atoms with Gasteiger partial charge in [0.2, 0.25) is 0 Å². The third-order valence-corrected chi connectivity index (χ3v) is 3.59. The van der Waals surface area contributed by atoms with E-state index in [-0.39, 0.29) is 0 Å². The maximum atomic E-state index is 12.2. The SMILES string of the molecule is CC(C)(C)OC(=O)Nc1ccc2nn(C(=O)OC(C)(C)C)c(Br)c2c1. The average Bonchev–Trinajstić information content (AvgIpc) is 2.72. The molecule has 0 aliphatic carbocycles. The maximum Gasteiger partial charge on any atom is 0.436 e.